The fourth-order valence-electron chi connectivity index (χ4n) is 3.17. The van der Waals surface area contributed by atoms with Crippen LogP contribution in [0.5, 0.6) is 5.75 Å². The molecule has 4 aromatic rings. The lowest BCUT2D eigenvalue weighted by Crippen LogP contribution is -2.20. The molecular weight excluding hydrogens is 505 g/mol. The SMILES string of the molecule is COc1ccc(-n2c(SCC(=O)NN=Cc3cccc(Cl)c3Cl)nnc2-c2ccc(C)cc2)cc1. The minimum absolute atomic E-state index is 0.0861. The monoisotopic (exact) mass is 525 g/mol. The van der Waals surface area contributed by atoms with E-state index in [4.69, 9.17) is 27.9 Å². The number of aryl methyl sites for hydroxylation is 1. The maximum absolute atomic E-state index is 12.4. The molecule has 0 radical (unpaired) electrons. The number of rotatable bonds is 8. The molecular formula is C25H21Cl2N5O2S. The van der Waals surface area contributed by atoms with Crippen molar-refractivity contribution in [1.29, 1.82) is 0 Å². The molecule has 0 aliphatic heterocycles. The molecule has 1 aromatic heterocycles. The van der Waals surface area contributed by atoms with Crippen LogP contribution < -0.4 is 10.2 Å². The number of hydrogen-bond acceptors (Lipinski definition) is 6. The largest absolute Gasteiger partial charge is 0.497 e. The van der Waals surface area contributed by atoms with Crippen LogP contribution in [-0.2, 0) is 4.79 Å². The second-order valence-electron chi connectivity index (χ2n) is 7.43. The van der Waals surface area contributed by atoms with Crippen LogP contribution in [0.25, 0.3) is 17.1 Å². The van der Waals surface area contributed by atoms with Gasteiger partial charge in [-0.25, -0.2) is 5.43 Å². The Labute approximate surface area is 217 Å². The van der Waals surface area contributed by atoms with Gasteiger partial charge >= 0.3 is 0 Å². The minimum atomic E-state index is -0.300. The van der Waals surface area contributed by atoms with Crippen molar-refractivity contribution in [3.63, 3.8) is 0 Å². The maximum atomic E-state index is 12.4. The molecule has 0 fully saturated rings. The van der Waals surface area contributed by atoms with E-state index < -0.39 is 0 Å². The molecule has 178 valence electrons. The van der Waals surface area contributed by atoms with Crippen LogP contribution in [-0.4, -0.2) is 39.7 Å². The quantitative estimate of drug-likeness (QED) is 0.178. The van der Waals surface area contributed by atoms with Crippen molar-refractivity contribution < 1.29 is 9.53 Å². The predicted octanol–water partition coefficient (Wildman–Crippen LogP) is 5.80. The van der Waals surface area contributed by atoms with Crippen molar-refractivity contribution in [1.82, 2.24) is 20.2 Å². The fourth-order valence-corrected chi connectivity index (χ4v) is 4.27. The third kappa shape index (κ3) is 6.03. The topological polar surface area (TPSA) is 81.4 Å². The summed E-state index contributed by atoms with van der Waals surface area (Å²) in [6.45, 7) is 2.03. The van der Waals surface area contributed by atoms with Crippen molar-refractivity contribution in [2.45, 2.75) is 12.1 Å². The number of ether oxygens (including phenoxy) is 1. The first-order valence-corrected chi connectivity index (χ1v) is 12.3. The lowest BCUT2D eigenvalue weighted by Gasteiger charge is -2.11. The van der Waals surface area contributed by atoms with Gasteiger partial charge in [-0.2, -0.15) is 5.10 Å². The Hall–Kier alpha value is -3.33. The van der Waals surface area contributed by atoms with Gasteiger partial charge in [-0.3, -0.25) is 9.36 Å². The van der Waals surface area contributed by atoms with Crippen molar-refractivity contribution in [2.24, 2.45) is 5.10 Å². The molecule has 0 saturated carbocycles. The molecule has 1 N–H and O–H groups in total. The molecule has 0 bridgehead atoms. The predicted molar refractivity (Wildman–Crippen MR) is 141 cm³/mol. The first-order chi connectivity index (χ1) is 17.0. The number of hydrogen-bond donors (Lipinski definition) is 1. The molecule has 3 aromatic carbocycles. The van der Waals surface area contributed by atoms with E-state index in [0.29, 0.717) is 26.6 Å². The molecule has 1 heterocycles. The second kappa shape index (κ2) is 11.4. The van der Waals surface area contributed by atoms with E-state index in [1.165, 1.54) is 18.0 Å². The molecule has 7 nitrogen and oxygen atoms in total. The number of hydrazone groups is 1. The second-order valence-corrected chi connectivity index (χ2v) is 9.16. The van der Waals surface area contributed by atoms with Crippen LogP contribution in [0.3, 0.4) is 0 Å². The van der Waals surface area contributed by atoms with E-state index in [0.717, 1.165) is 22.6 Å². The normalized spacial score (nSPS) is 11.1. The van der Waals surface area contributed by atoms with Crippen LogP contribution in [0, 0.1) is 6.92 Å². The molecule has 1 amide bonds. The van der Waals surface area contributed by atoms with Gasteiger partial charge in [-0.15, -0.1) is 10.2 Å². The number of amides is 1. The van der Waals surface area contributed by atoms with Gasteiger partial charge in [-0.1, -0.05) is 76.9 Å². The molecule has 4 rings (SSSR count). The Morgan fingerprint density at radius 3 is 2.54 bits per heavy atom. The van der Waals surface area contributed by atoms with Crippen LogP contribution in [0.1, 0.15) is 11.1 Å². The molecule has 0 spiro atoms. The number of halogens is 2. The Balaban J connectivity index is 1.52. The highest BCUT2D eigenvalue weighted by molar-refractivity contribution is 7.99. The van der Waals surface area contributed by atoms with Crippen LogP contribution in [0.2, 0.25) is 10.0 Å². The van der Waals surface area contributed by atoms with Gasteiger partial charge in [0, 0.05) is 16.8 Å². The molecule has 10 heteroatoms. The summed E-state index contributed by atoms with van der Waals surface area (Å²) in [6, 6.07) is 20.8. The third-order valence-corrected chi connectivity index (χ3v) is 6.74. The molecule has 0 atom stereocenters. The maximum Gasteiger partial charge on any atom is 0.250 e. The van der Waals surface area contributed by atoms with Crippen molar-refractivity contribution in [3.05, 3.63) is 87.9 Å². The third-order valence-electron chi connectivity index (χ3n) is 4.98. The smallest absolute Gasteiger partial charge is 0.250 e. The minimum Gasteiger partial charge on any atom is -0.497 e. The number of aromatic nitrogens is 3. The average molecular weight is 526 g/mol. The molecule has 0 aliphatic rings. The summed E-state index contributed by atoms with van der Waals surface area (Å²) in [4.78, 5) is 12.4. The van der Waals surface area contributed by atoms with Gasteiger partial charge < -0.3 is 4.74 Å². The summed E-state index contributed by atoms with van der Waals surface area (Å²) in [7, 11) is 1.62. The lowest BCUT2D eigenvalue weighted by atomic mass is 10.1. The van der Waals surface area contributed by atoms with Gasteiger partial charge in [0.15, 0.2) is 11.0 Å². The Morgan fingerprint density at radius 2 is 1.83 bits per heavy atom. The first kappa shape index (κ1) is 24.8. The zero-order chi connectivity index (χ0) is 24.8. The van der Waals surface area contributed by atoms with E-state index >= 15 is 0 Å². The van der Waals surface area contributed by atoms with Crippen molar-refractivity contribution in [2.75, 3.05) is 12.9 Å². The lowest BCUT2D eigenvalue weighted by molar-refractivity contribution is -0.118. The molecule has 0 saturated heterocycles. The van der Waals surface area contributed by atoms with Gasteiger partial charge in [0.25, 0.3) is 5.91 Å². The van der Waals surface area contributed by atoms with E-state index in [2.05, 4.69) is 20.7 Å². The van der Waals surface area contributed by atoms with E-state index in [1.807, 2.05) is 60.0 Å². The summed E-state index contributed by atoms with van der Waals surface area (Å²) in [5.74, 6) is 1.20. The zero-order valence-electron chi connectivity index (χ0n) is 18.9. The highest BCUT2D eigenvalue weighted by Crippen LogP contribution is 2.29. The summed E-state index contributed by atoms with van der Waals surface area (Å²) >= 11 is 13.4. The summed E-state index contributed by atoms with van der Waals surface area (Å²) in [5.41, 5.74) is 6.02. The highest BCUT2D eigenvalue weighted by Gasteiger charge is 2.17. The van der Waals surface area contributed by atoms with E-state index in [1.54, 1.807) is 25.3 Å². The average Bonchev–Trinajstić information content (AvgIpc) is 3.30. The Kier molecular flexibility index (Phi) is 8.07. The van der Waals surface area contributed by atoms with Crippen molar-refractivity contribution in [3.8, 4) is 22.8 Å². The highest BCUT2D eigenvalue weighted by atomic mass is 35.5. The van der Waals surface area contributed by atoms with Crippen LogP contribution >= 0.6 is 35.0 Å². The number of carbonyl (C=O) groups is 1. The van der Waals surface area contributed by atoms with E-state index in [9.17, 15) is 4.79 Å². The van der Waals surface area contributed by atoms with E-state index in [-0.39, 0.29) is 11.7 Å². The number of thioether (sulfide) groups is 1. The zero-order valence-corrected chi connectivity index (χ0v) is 21.2. The number of benzene rings is 3. The first-order valence-electron chi connectivity index (χ1n) is 10.5. The summed E-state index contributed by atoms with van der Waals surface area (Å²) < 4.78 is 7.19. The standard InChI is InChI=1S/C25H21Cl2N5O2S/c1-16-6-8-17(9-7-16)24-30-31-25(32(24)19-10-12-20(34-2)13-11-19)35-15-22(33)29-28-14-18-4-3-5-21(26)23(18)27/h3-14H,15H2,1-2H3,(H,29,33). The Bertz CT molecular complexity index is 1360. The van der Waals surface area contributed by atoms with Crippen LogP contribution in [0.15, 0.2) is 77.0 Å². The molecule has 0 unspecified atom stereocenters. The van der Waals surface area contributed by atoms with Crippen molar-refractivity contribution >= 4 is 47.1 Å². The molecule has 0 aliphatic carbocycles. The van der Waals surface area contributed by atoms with Crippen LogP contribution in [0.4, 0.5) is 0 Å². The Morgan fingerprint density at radius 1 is 1.09 bits per heavy atom. The van der Waals surface area contributed by atoms with Gasteiger partial charge in [0.1, 0.15) is 5.75 Å². The molecule has 35 heavy (non-hydrogen) atoms. The number of methoxy groups -OCH3 is 1. The summed E-state index contributed by atoms with van der Waals surface area (Å²) in [5, 5.41) is 14.1. The van der Waals surface area contributed by atoms with Gasteiger partial charge in [0.05, 0.1) is 29.1 Å². The number of nitrogens with one attached hydrogen (secondary N) is 1. The summed E-state index contributed by atoms with van der Waals surface area (Å²) in [6.07, 6.45) is 1.45. The number of carbonyl (C=O) groups excluding carboxylic acids is 1. The van der Waals surface area contributed by atoms with Gasteiger partial charge in [0.2, 0.25) is 0 Å². The van der Waals surface area contributed by atoms with Gasteiger partial charge in [-0.05, 0) is 37.3 Å². The fraction of sp³-hybridized carbons (Fsp3) is 0.120. The number of nitrogens with zero attached hydrogens (tertiary/aromatic N) is 4.